The van der Waals surface area contributed by atoms with E-state index in [2.05, 4.69) is 30.9 Å². The van der Waals surface area contributed by atoms with Crippen molar-refractivity contribution in [3.8, 4) is 0 Å². The summed E-state index contributed by atoms with van der Waals surface area (Å²) in [4.78, 5) is 12.9. The molecule has 0 aliphatic heterocycles. The number of aromatic nitrogens is 3. The summed E-state index contributed by atoms with van der Waals surface area (Å²) in [6.45, 7) is 1.61. The molecule has 164 valence electrons. The van der Waals surface area contributed by atoms with E-state index in [1.165, 1.54) is 11.6 Å². The van der Waals surface area contributed by atoms with E-state index in [4.69, 9.17) is 5.73 Å². The summed E-state index contributed by atoms with van der Waals surface area (Å²) in [5.74, 6) is 0.931. The van der Waals surface area contributed by atoms with Crippen molar-refractivity contribution < 1.29 is 13.2 Å². The Labute approximate surface area is 178 Å². The second-order valence-corrected chi connectivity index (χ2v) is 6.74. The van der Waals surface area contributed by atoms with Crippen LogP contribution in [0.5, 0.6) is 0 Å². The molecule has 0 saturated carbocycles. The predicted octanol–water partition coefficient (Wildman–Crippen LogP) is 3.53. The molecule has 0 atom stereocenters. The zero-order chi connectivity index (χ0) is 22.1. The van der Waals surface area contributed by atoms with Crippen LogP contribution in [-0.2, 0) is 19.1 Å². The topological polar surface area (TPSA) is 101 Å². The molecule has 0 saturated heterocycles. The molecule has 10 heteroatoms. The molecule has 1 aromatic heterocycles. The highest BCUT2D eigenvalue weighted by Crippen LogP contribution is 2.29. The Bertz CT molecular complexity index is 965. The number of nitrogens with one attached hydrogen (secondary N) is 3. The highest BCUT2D eigenvalue weighted by Gasteiger charge is 2.30. The lowest BCUT2D eigenvalue weighted by Gasteiger charge is -2.12. The molecule has 0 fully saturated rings. The monoisotopic (exact) mass is 431 g/mol. The maximum atomic E-state index is 12.9. The van der Waals surface area contributed by atoms with E-state index in [9.17, 15) is 13.2 Å². The first-order valence-corrected chi connectivity index (χ1v) is 9.82. The van der Waals surface area contributed by atoms with Crippen molar-refractivity contribution in [2.45, 2.75) is 19.1 Å². The van der Waals surface area contributed by atoms with E-state index in [1.54, 1.807) is 6.07 Å². The van der Waals surface area contributed by atoms with Gasteiger partial charge in [0.15, 0.2) is 0 Å². The van der Waals surface area contributed by atoms with Crippen molar-refractivity contribution in [2.75, 3.05) is 35.6 Å². The third-order valence-electron chi connectivity index (χ3n) is 4.31. The van der Waals surface area contributed by atoms with Crippen molar-refractivity contribution >= 4 is 17.8 Å². The first kappa shape index (κ1) is 22.3. The standard InChI is InChI=1S/C21H24F3N7/c22-21(23,24)17-8-4-7-16(13-17)14-28-20-30-18(29-19(31-20)27-12-10-25)26-11-9-15-5-2-1-3-6-15/h1-8,13H,9-12,14,25H2,(H3,26,27,28,29,30,31). The van der Waals surface area contributed by atoms with Crippen LogP contribution >= 0.6 is 0 Å². The summed E-state index contributed by atoms with van der Waals surface area (Å²) >= 11 is 0. The van der Waals surface area contributed by atoms with Gasteiger partial charge in [-0.3, -0.25) is 0 Å². The van der Waals surface area contributed by atoms with Gasteiger partial charge in [0.1, 0.15) is 0 Å². The third-order valence-corrected chi connectivity index (χ3v) is 4.31. The first-order chi connectivity index (χ1) is 14.9. The molecule has 0 aliphatic rings. The van der Waals surface area contributed by atoms with Gasteiger partial charge in [-0.15, -0.1) is 0 Å². The van der Waals surface area contributed by atoms with Crippen LogP contribution in [0.15, 0.2) is 54.6 Å². The molecule has 5 N–H and O–H groups in total. The molecule has 2 aromatic carbocycles. The molecule has 0 radical (unpaired) electrons. The quantitative estimate of drug-likeness (QED) is 0.390. The van der Waals surface area contributed by atoms with Crippen LogP contribution in [0.3, 0.4) is 0 Å². The van der Waals surface area contributed by atoms with Crippen LogP contribution < -0.4 is 21.7 Å². The zero-order valence-corrected chi connectivity index (χ0v) is 16.8. The summed E-state index contributed by atoms with van der Waals surface area (Å²) in [6, 6.07) is 15.1. The van der Waals surface area contributed by atoms with E-state index in [0.717, 1.165) is 18.6 Å². The Morgan fingerprint density at radius 3 is 2.00 bits per heavy atom. The molecular formula is C21H24F3N7. The largest absolute Gasteiger partial charge is 0.416 e. The minimum atomic E-state index is -4.39. The minimum absolute atomic E-state index is 0.133. The molecule has 1 heterocycles. The summed E-state index contributed by atoms with van der Waals surface area (Å²) in [6.07, 6.45) is -3.61. The second-order valence-electron chi connectivity index (χ2n) is 6.74. The lowest BCUT2D eigenvalue weighted by molar-refractivity contribution is -0.137. The number of anilines is 3. The molecule has 0 unspecified atom stereocenters. The van der Waals surface area contributed by atoms with Gasteiger partial charge in [-0.1, -0.05) is 42.5 Å². The molecule has 0 spiro atoms. The third kappa shape index (κ3) is 7.10. The lowest BCUT2D eigenvalue weighted by Crippen LogP contribution is -2.17. The van der Waals surface area contributed by atoms with Gasteiger partial charge in [-0.05, 0) is 29.7 Å². The predicted molar refractivity (Wildman–Crippen MR) is 115 cm³/mol. The Morgan fingerprint density at radius 1 is 0.742 bits per heavy atom. The van der Waals surface area contributed by atoms with Crippen molar-refractivity contribution in [1.82, 2.24) is 15.0 Å². The fourth-order valence-electron chi connectivity index (χ4n) is 2.80. The second kappa shape index (κ2) is 10.6. The average Bonchev–Trinajstić information content (AvgIpc) is 2.77. The molecule has 0 aliphatic carbocycles. The highest BCUT2D eigenvalue weighted by molar-refractivity contribution is 5.43. The summed E-state index contributed by atoms with van der Waals surface area (Å²) in [5, 5.41) is 9.11. The van der Waals surface area contributed by atoms with E-state index >= 15 is 0 Å². The van der Waals surface area contributed by atoms with Crippen molar-refractivity contribution in [1.29, 1.82) is 0 Å². The normalized spacial score (nSPS) is 11.2. The molecule has 0 amide bonds. The maximum absolute atomic E-state index is 12.9. The van der Waals surface area contributed by atoms with Gasteiger partial charge in [-0.25, -0.2) is 0 Å². The molecule has 7 nitrogen and oxygen atoms in total. The Hall–Kier alpha value is -3.40. The number of nitrogens with zero attached hydrogens (tertiary/aromatic N) is 3. The summed E-state index contributed by atoms with van der Waals surface area (Å²) in [7, 11) is 0. The maximum Gasteiger partial charge on any atom is 0.416 e. The van der Waals surface area contributed by atoms with Crippen LogP contribution in [0.1, 0.15) is 16.7 Å². The number of hydrogen-bond acceptors (Lipinski definition) is 7. The van der Waals surface area contributed by atoms with Crippen LogP contribution in [0.25, 0.3) is 0 Å². The lowest BCUT2D eigenvalue weighted by atomic mass is 10.1. The average molecular weight is 431 g/mol. The Kier molecular flexibility index (Phi) is 7.60. The van der Waals surface area contributed by atoms with E-state index < -0.39 is 11.7 Å². The van der Waals surface area contributed by atoms with E-state index in [-0.39, 0.29) is 12.5 Å². The van der Waals surface area contributed by atoms with Crippen LogP contribution in [-0.4, -0.2) is 34.6 Å². The minimum Gasteiger partial charge on any atom is -0.354 e. The fourth-order valence-corrected chi connectivity index (χ4v) is 2.80. The van der Waals surface area contributed by atoms with Crippen LogP contribution in [0.4, 0.5) is 31.0 Å². The van der Waals surface area contributed by atoms with Gasteiger partial charge in [0, 0.05) is 26.2 Å². The Balaban J connectivity index is 1.67. The van der Waals surface area contributed by atoms with Gasteiger partial charge >= 0.3 is 6.18 Å². The molecular weight excluding hydrogens is 407 g/mol. The number of benzene rings is 2. The molecule has 0 bridgehead atoms. The number of hydrogen-bond donors (Lipinski definition) is 4. The van der Waals surface area contributed by atoms with Gasteiger partial charge in [-0.2, -0.15) is 28.1 Å². The smallest absolute Gasteiger partial charge is 0.354 e. The van der Waals surface area contributed by atoms with E-state index in [1.807, 2.05) is 30.3 Å². The van der Waals surface area contributed by atoms with Gasteiger partial charge in [0.25, 0.3) is 0 Å². The SMILES string of the molecule is NCCNc1nc(NCCc2ccccc2)nc(NCc2cccc(C(F)(F)F)c2)n1. The molecule has 31 heavy (non-hydrogen) atoms. The molecule has 3 rings (SSSR count). The summed E-state index contributed by atoms with van der Waals surface area (Å²) < 4.78 is 38.7. The van der Waals surface area contributed by atoms with E-state index in [0.29, 0.717) is 37.1 Å². The van der Waals surface area contributed by atoms with Gasteiger partial charge in [0.05, 0.1) is 5.56 Å². The molecule has 3 aromatic rings. The van der Waals surface area contributed by atoms with Gasteiger partial charge in [0.2, 0.25) is 17.8 Å². The summed E-state index contributed by atoms with van der Waals surface area (Å²) in [5.41, 5.74) is 6.46. The first-order valence-electron chi connectivity index (χ1n) is 9.82. The van der Waals surface area contributed by atoms with Crippen LogP contribution in [0, 0.1) is 0 Å². The van der Waals surface area contributed by atoms with Crippen molar-refractivity contribution in [3.63, 3.8) is 0 Å². The van der Waals surface area contributed by atoms with Gasteiger partial charge < -0.3 is 21.7 Å². The van der Waals surface area contributed by atoms with Crippen LogP contribution in [0.2, 0.25) is 0 Å². The van der Waals surface area contributed by atoms with Crippen molar-refractivity contribution in [2.24, 2.45) is 5.73 Å². The van der Waals surface area contributed by atoms with Crippen molar-refractivity contribution in [3.05, 3.63) is 71.3 Å². The number of halogens is 3. The zero-order valence-electron chi connectivity index (χ0n) is 16.8. The number of alkyl halides is 3. The highest BCUT2D eigenvalue weighted by atomic mass is 19.4. The number of rotatable bonds is 10. The fraction of sp³-hybridized carbons (Fsp3) is 0.286. The Morgan fingerprint density at radius 2 is 1.35 bits per heavy atom. The number of nitrogens with two attached hydrogens (primary N) is 1.